The molecule has 0 bridgehead atoms. The van der Waals surface area contributed by atoms with E-state index in [2.05, 4.69) is 187 Å². The van der Waals surface area contributed by atoms with Gasteiger partial charge in [0.05, 0.1) is 5.69 Å². The van der Waals surface area contributed by atoms with Crippen LogP contribution in [0.5, 0.6) is 0 Å². The predicted molar refractivity (Wildman–Crippen MR) is 236 cm³/mol. The van der Waals surface area contributed by atoms with Crippen LogP contribution in [0.2, 0.25) is 0 Å². The lowest BCUT2D eigenvalue weighted by Gasteiger charge is -2.11. The van der Waals surface area contributed by atoms with Crippen molar-refractivity contribution in [1.82, 2.24) is 20.0 Å². The summed E-state index contributed by atoms with van der Waals surface area (Å²) in [5.41, 5.74) is 18.8. The summed E-state index contributed by atoms with van der Waals surface area (Å²) in [7, 11) is 0. The first-order chi connectivity index (χ1) is 28.2. The van der Waals surface area contributed by atoms with Crippen molar-refractivity contribution in [2.75, 3.05) is 0 Å². The van der Waals surface area contributed by atoms with Crippen molar-refractivity contribution in [1.29, 1.82) is 0 Å². The summed E-state index contributed by atoms with van der Waals surface area (Å²) < 4.78 is 0. The van der Waals surface area contributed by atoms with Crippen LogP contribution in [0.25, 0.3) is 89.1 Å². The molecule has 0 amide bonds. The summed E-state index contributed by atoms with van der Waals surface area (Å²) in [6.45, 7) is 0. The normalized spacial score (nSPS) is 12.5. The van der Waals surface area contributed by atoms with Gasteiger partial charge in [-0.15, -0.1) is 10.2 Å². The predicted octanol–water partition coefficient (Wildman–Crippen LogP) is 13.6. The molecule has 9 aromatic rings. The molecule has 4 nitrogen and oxygen atoms in total. The Kier molecular flexibility index (Phi) is 8.98. The van der Waals surface area contributed by atoms with E-state index in [9.17, 15) is 0 Å². The summed E-state index contributed by atoms with van der Waals surface area (Å²) in [5.74, 6) is 0. The van der Waals surface area contributed by atoms with Gasteiger partial charge >= 0.3 is 0 Å². The largest absolute Gasteiger partial charge is 0.265 e. The SMILES string of the molecule is C1=CC(c2ccc(-c3ccc(-c4cc(-c5ccc(-c6ccc(-c7ccccc7)cc6)cc5)cc5nn(-c6cccc(-c7ccncc7)c6)nc45)cc3)cc2)=CCC1. The maximum absolute atomic E-state index is 5.13. The van der Waals surface area contributed by atoms with E-state index >= 15 is 0 Å². The number of hydrogen-bond acceptors (Lipinski definition) is 3. The lowest BCUT2D eigenvalue weighted by Crippen LogP contribution is -1.98. The highest BCUT2D eigenvalue weighted by atomic mass is 15.5. The van der Waals surface area contributed by atoms with E-state index in [1.54, 1.807) is 4.80 Å². The Bertz CT molecular complexity index is 2890. The van der Waals surface area contributed by atoms with Crippen molar-refractivity contribution in [2.45, 2.75) is 12.8 Å². The summed E-state index contributed by atoms with van der Waals surface area (Å²) in [6.07, 6.45) is 12.7. The molecule has 0 saturated heterocycles. The van der Waals surface area contributed by atoms with E-state index in [1.807, 2.05) is 24.5 Å². The molecule has 0 saturated carbocycles. The van der Waals surface area contributed by atoms with Crippen molar-refractivity contribution >= 4 is 16.6 Å². The number of aromatic nitrogens is 4. The van der Waals surface area contributed by atoms with Crippen LogP contribution in [0.4, 0.5) is 0 Å². The van der Waals surface area contributed by atoms with E-state index in [1.165, 1.54) is 44.5 Å². The molecular weight excluding hydrogens is 693 g/mol. The molecule has 2 heterocycles. The van der Waals surface area contributed by atoms with Crippen LogP contribution in [-0.2, 0) is 0 Å². The number of hydrogen-bond donors (Lipinski definition) is 0. The van der Waals surface area contributed by atoms with Crippen LogP contribution in [0.3, 0.4) is 0 Å². The lowest BCUT2D eigenvalue weighted by molar-refractivity contribution is 0.766. The first kappa shape index (κ1) is 34.1. The summed E-state index contributed by atoms with van der Waals surface area (Å²) in [6, 6.07) is 62.7. The highest BCUT2D eigenvalue weighted by Gasteiger charge is 2.16. The molecule has 10 rings (SSSR count). The second kappa shape index (κ2) is 15.0. The zero-order valence-corrected chi connectivity index (χ0v) is 31.3. The van der Waals surface area contributed by atoms with Crippen LogP contribution in [-0.4, -0.2) is 20.0 Å². The monoisotopic (exact) mass is 730 g/mol. The maximum atomic E-state index is 5.13. The summed E-state index contributed by atoms with van der Waals surface area (Å²) in [4.78, 5) is 5.96. The van der Waals surface area contributed by atoms with Gasteiger partial charge < -0.3 is 0 Å². The molecule has 0 atom stereocenters. The fourth-order valence-electron chi connectivity index (χ4n) is 7.74. The average molecular weight is 731 g/mol. The minimum Gasteiger partial charge on any atom is -0.265 e. The number of rotatable bonds is 8. The molecular formula is C53H38N4. The van der Waals surface area contributed by atoms with Gasteiger partial charge in [0.2, 0.25) is 0 Å². The highest BCUT2D eigenvalue weighted by Crippen LogP contribution is 2.36. The van der Waals surface area contributed by atoms with Gasteiger partial charge in [0, 0.05) is 18.0 Å². The number of nitrogens with zero attached hydrogens (tertiary/aromatic N) is 4. The van der Waals surface area contributed by atoms with Gasteiger partial charge in [-0.05, 0) is 122 Å². The molecule has 270 valence electrons. The molecule has 4 heteroatoms. The molecule has 2 aromatic heterocycles. The van der Waals surface area contributed by atoms with Gasteiger partial charge in [0.25, 0.3) is 0 Å². The fraction of sp³-hybridized carbons (Fsp3) is 0.0377. The van der Waals surface area contributed by atoms with Crippen LogP contribution in [0.1, 0.15) is 18.4 Å². The minimum atomic E-state index is 0.836. The zero-order chi connectivity index (χ0) is 38.0. The number of benzene rings is 7. The van der Waals surface area contributed by atoms with Crippen molar-refractivity contribution in [3.05, 3.63) is 212 Å². The van der Waals surface area contributed by atoms with Crippen LogP contribution < -0.4 is 0 Å². The molecule has 7 aromatic carbocycles. The summed E-state index contributed by atoms with van der Waals surface area (Å²) >= 11 is 0. The van der Waals surface area contributed by atoms with E-state index in [0.29, 0.717) is 0 Å². The fourth-order valence-corrected chi connectivity index (χ4v) is 7.74. The Balaban J connectivity index is 1.01. The highest BCUT2D eigenvalue weighted by molar-refractivity contribution is 5.96. The topological polar surface area (TPSA) is 43.6 Å². The maximum Gasteiger partial charge on any atom is 0.121 e. The van der Waals surface area contributed by atoms with Gasteiger partial charge in [-0.25, -0.2) is 0 Å². The first-order valence-electron chi connectivity index (χ1n) is 19.5. The quantitative estimate of drug-likeness (QED) is 0.156. The third-order valence-corrected chi connectivity index (χ3v) is 10.9. The second-order valence-electron chi connectivity index (χ2n) is 14.5. The minimum absolute atomic E-state index is 0.836. The third-order valence-electron chi connectivity index (χ3n) is 10.9. The lowest BCUT2D eigenvalue weighted by atomic mass is 9.94. The summed E-state index contributed by atoms with van der Waals surface area (Å²) in [5, 5.41) is 10.2. The van der Waals surface area contributed by atoms with Crippen molar-refractivity contribution in [3.63, 3.8) is 0 Å². The van der Waals surface area contributed by atoms with E-state index in [4.69, 9.17) is 10.2 Å². The van der Waals surface area contributed by atoms with E-state index in [-0.39, 0.29) is 0 Å². The van der Waals surface area contributed by atoms with Crippen LogP contribution in [0.15, 0.2) is 207 Å². The molecule has 0 spiro atoms. The van der Waals surface area contributed by atoms with Gasteiger partial charge in [-0.1, -0.05) is 158 Å². The van der Waals surface area contributed by atoms with Crippen molar-refractivity contribution in [3.8, 4) is 72.4 Å². The first-order valence-corrected chi connectivity index (χ1v) is 19.5. The van der Waals surface area contributed by atoms with E-state index < -0.39 is 0 Å². The van der Waals surface area contributed by atoms with Gasteiger partial charge in [0.1, 0.15) is 11.0 Å². The Hall–Kier alpha value is -7.43. The zero-order valence-electron chi connectivity index (χ0n) is 31.3. The molecule has 0 aliphatic heterocycles. The third kappa shape index (κ3) is 7.01. The van der Waals surface area contributed by atoms with E-state index in [0.717, 1.165) is 62.9 Å². The Labute approximate surface area is 332 Å². The molecule has 1 aliphatic carbocycles. The standard InChI is InChI=1S/C53H38N4/c1-3-8-37(9-4-1)39-14-18-41(19-15-39)43-22-24-45(25-23-43)49-35-51(47-28-26-44(27-29-47)42-20-16-40(17-21-42)38-10-5-2-6-11-38)53-52(36-49)55-57(56-53)50-13-7-12-48(34-50)46-30-32-54-33-31-46/h1,3-5,7-36H,2,6H2. The van der Waals surface area contributed by atoms with Gasteiger partial charge in [-0.2, -0.15) is 4.80 Å². The molecule has 0 N–H and O–H groups in total. The molecule has 1 aliphatic rings. The molecule has 0 radical (unpaired) electrons. The molecule has 0 unspecified atom stereocenters. The molecule has 0 fully saturated rings. The number of fused-ring (bicyclic) bond motifs is 1. The second-order valence-corrected chi connectivity index (χ2v) is 14.5. The number of pyridine rings is 1. The Morgan fingerprint density at radius 3 is 1.51 bits per heavy atom. The Morgan fingerprint density at radius 2 is 0.912 bits per heavy atom. The smallest absolute Gasteiger partial charge is 0.121 e. The Morgan fingerprint density at radius 1 is 0.386 bits per heavy atom. The van der Waals surface area contributed by atoms with Crippen LogP contribution >= 0.6 is 0 Å². The average Bonchev–Trinajstić information content (AvgIpc) is 3.75. The van der Waals surface area contributed by atoms with Gasteiger partial charge in [-0.3, -0.25) is 4.98 Å². The van der Waals surface area contributed by atoms with Crippen molar-refractivity contribution in [2.24, 2.45) is 0 Å². The van der Waals surface area contributed by atoms with Crippen molar-refractivity contribution < 1.29 is 0 Å². The van der Waals surface area contributed by atoms with Gasteiger partial charge in [0.15, 0.2) is 0 Å². The number of allylic oxidation sites excluding steroid dienone is 4. The van der Waals surface area contributed by atoms with Crippen LogP contribution in [0, 0.1) is 0 Å². The molecule has 57 heavy (non-hydrogen) atoms.